The van der Waals surface area contributed by atoms with Crippen LogP contribution in [0.4, 0.5) is 4.79 Å². The molecule has 2 aliphatic heterocycles. The maximum absolute atomic E-state index is 12.7. The first-order valence-electron chi connectivity index (χ1n) is 11.5. The van der Waals surface area contributed by atoms with Gasteiger partial charge >= 0.3 is 6.09 Å². The number of Topliss-reactive ketones (excluding diaryl/α,β-unsaturated/α-hetero) is 1. The van der Waals surface area contributed by atoms with Crippen molar-refractivity contribution < 1.29 is 24.2 Å². The van der Waals surface area contributed by atoms with Crippen LogP contribution in [-0.2, 0) is 17.7 Å². The van der Waals surface area contributed by atoms with Crippen molar-refractivity contribution in [3.05, 3.63) is 59.4 Å². The second-order valence-corrected chi connectivity index (χ2v) is 8.67. The van der Waals surface area contributed by atoms with Gasteiger partial charge in [-0.1, -0.05) is 24.3 Å². The van der Waals surface area contributed by atoms with Gasteiger partial charge in [0, 0.05) is 56.7 Å². The van der Waals surface area contributed by atoms with Crippen molar-refractivity contribution in [2.24, 2.45) is 0 Å². The molecule has 0 unspecified atom stereocenters. The summed E-state index contributed by atoms with van der Waals surface area (Å²) in [6.45, 7) is 1.87. The molecular weight excluding hydrogens is 422 g/mol. The van der Waals surface area contributed by atoms with E-state index in [2.05, 4.69) is 22.4 Å². The molecular formula is C25H31N3O5. The number of pyridine rings is 1. The first-order chi connectivity index (χ1) is 16.0. The second kappa shape index (κ2) is 10.8. The van der Waals surface area contributed by atoms with Gasteiger partial charge in [-0.3, -0.25) is 9.78 Å². The molecule has 2 aromatic rings. The van der Waals surface area contributed by atoms with Crippen molar-refractivity contribution >= 4 is 11.9 Å². The monoisotopic (exact) mass is 453 g/mol. The van der Waals surface area contributed by atoms with E-state index in [0.29, 0.717) is 43.7 Å². The van der Waals surface area contributed by atoms with Crippen LogP contribution in [0.5, 0.6) is 5.75 Å². The summed E-state index contributed by atoms with van der Waals surface area (Å²) >= 11 is 0. The fourth-order valence-electron chi connectivity index (χ4n) is 4.49. The number of nitrogens with zero attached hydrogens (tertiary/aromatic N) is 2. The number of piperidine rings is 1. The van der Waals surface area contributed by atoms with Crippen molar-refractivity contribution in [1.29, 1.82) is 0 Å². The Hall–Kier alpha value is -2.97. The lowest BCUT2D eigenvalue weighted by Crippen LogP contribution is -2.44. The normalized spacial score (nSPS) is 19.5. The summed E-state index contributed by atoms with van der Waals surface area (Å²) in [5.74, 6) is 0.479. The summed E-state index contributed by atoms with van der Waals surface area (Å²) in [6, 6.07) is 9.88. The van der Waals surface area contributed by atoms with Crippen LogP contribution >= 0.6 is 0 Å². The number of likely N-dealkylation sites (tertiary alicyclic amines) is 1. The van der Waals surface area contributed by atoms with Gasteiger partial charge < -0.3 is 24.8 Å². The van der Waals surface area contributed by atoms with E-state index in [1.165, 1.54) is 24.4 Å². The van der Waals surface area contributed by atoms with E-state index in [-0.39, 0.29) is 30.4 Å². The number of benzene rings is 1. The number of carbonyl (C=O) groups is 2. The number of nitrogens with one attached hydrogen (secondary N) is 1. The second-order valence-electron chi connectivity index (χ2n) is 8.67. The molecule has 0 radical (unpaired) electrons. The standard InChI is InChI=1S/C25H31N3O5/c1-32-25(31)28-10-8-20(9-11-28)33-21-12-19(14-26-16-21)23(29)6-7-24(30)22-13-17-4-2-3-5-18(17)15-27-22/h2-5,12,14,16,20,22,24,27,30H,6-11,13,15H2,1H3/t22-,24+/m0/s1. The zero-order valence-electron chi connectivity index (χ0n) is 18.9. The Kier molecular flexibility index (Phi) is 7.57. The minimum atomic E-state index is -0.602. The van der Waals surface area contributed by atoms with Crippen LogP contribution in [0, 0.1) is 0 Å². The first kappa shape index (κ1) is 23.2. The Morgan fingerprint density at radius 2 is 1.97 bits per heavy atom. The first-order valence-corrected chi connectivity index (χ1v) is 11.5. The van der Waals surface area contributed by atoms with Crippen molar-refractivity contribution in [3.63, 3.8) is 0 Å². The van der Waals surface area contributed by atoms with Gasteiger partial charge in [-0.15, -0.1) is 0 Å². The molecule has 0 saturated carbocycles. The molecule has 33 heavy (non-hydrogen) atoms. The molecule has 2 N–H and O–H groups in total. The van der Waals surface area contributed by atoms with Crippen LogP contribution < -0.4 is 10.1 Å². The highest BCUT2D eigenvalue weighted by atomic mass is 16.5. The molecule has 4 rings (SSSR count). The number of aliphatic hydroxyl groups excluding tert-OH is 1. The molecule has 1 fully saturated rings. The van der Waals surface area contributed by atoms with E-state index < -0.39 is 6.10 Å². The molecule has 2 atom stereocenters. The number of rotatable bonds is 7. The minimum Gasteiger partial charge on any atom is -0.489 e. The van der Waals surface area contributed by atoms with E-state index in [4.69, 9.17) is 9.47 Å². The Balaban J connectivity index is 1.26. The van der Waals surface area contributed by atoms with E-state index in [1.54, 1.807) is 17.2 Å². The van der Waals surface area contributed by atoms with Crippen LogP contribution in [0.25, 0.3) is 0 Å². The lowest BCUT2D eigenvalue weighted by atomic mass is 9.91. The van der Waals surface area contributed by atoms with Gasteiger partial charge in [-0.05, 0) is 30.0 Å². The summed E-state index contributed by atoms with van der Waals surface area (Å²) in [6.07, 6.45) is 4.93. The molecule has 1 amide bonds. The Labute approximate surface area is 193 Å². The molecule has 1 saturated heterocycles. The summed E-state index contributed by atoms with van der Waals surface area (Å²) in [5, 5.41) is 14.0. The van der Waals surface area contributed by atoms with Crippen molar-refractivity contribution in [2.45, 2.75) is 56.9 Å². The summed E-state index contributed by atoms with van der Waals surface area (Å²) in [7, 11) is 1.38. The van der Waals surface area contributed by atoms with Crippen LogP contribution in [-0.4, -0.2) is 65.3 Å². The van der Waals surface area contributed by atoms with Gasteiger partial charge in [0.1, 0.15) is 11.9 Å². The maximum atomic E-state index is 12.7. The number of amides is 1. The molecule has 1 aromatic heterocycles. The van der Waals surface area contributed by atoms with Gasteiger partial charge in [0.15, 0.2) is 5.78 Å². The number of ketones is 1. The lowest BCUT2D eigenvalue weighted by molar-refractivity contribution is 0.0785. The van der Waals surface area contributed by atoms with Gasteiger partial charge in [0.05, 0.1) is 19.4 Å². The molecule has 1 aromatic carbocycles. The number of ether oxygens (including phenoxy) is 2. The molecule has 0 aliphatic carbocycles. The average Bonchev–Trinajstić information content (AvgIpc) is 2.87. The summed E-state index contributed by atoms with van der Waals surface area (Å²) in [5.41, 5.74) is 2.99. The lowest BCUT2D eigenvalue weighted by Gasteiger charge is -2.31. The Morgan fingerprint density at radius 1 is 1.21 bits per heavy atom. The molecule has 0 spiro atoms. The van der Waals surface area contributed by atoms with E-state index in [1.807, 2.05) is 12.1 Å². The zero-order chi connectivity index (χ0) is 23.2. The number of hydrogen-bond acceptors (Lipinski definition) is 7. The highest BCUT2D eigenvalue weighted by molar-refractivity contribution is 5.96. The largest absolute Gasteiger partial charge is 0.489 e. The maximum Gasteiger partial charge on any atom is 0.409 e. The highest BCUT2D eigenvalue weighted by Crippen LogP contribution is 2.22. The molecule has 0 bridgehead atoms. The number of aromatic nitrogens is 1. The topological polar surface area (TPSA) is 101 Å². The number of methoxy groups -OCH3 is 1. The van der Waals surface area contributed by atoms with Gasteiger partial charge in [-0.2, -0.15) is 0 Å². The van der Waals surface area contributed by atoms with E-state index >= 15 is 0 Å². The van der Waals surface area contributed by atoms with E-state index in [9.17, 15) is 14.7 Å². The third-order valence-electron chi connectivity index (χ3n) is 6.46. The fourth-order valence-corrected chi connectivity index (χ4v) is 4.49. The predicted octanol–water partition coefficient (Wildman–Crippen LogP) is 2.73. The minimum absolute atomic E-state index is 0.0415. The molecule has 2 aliphatic rings. The van der Waals surface area contributed by atoms with Crippen molar-refractivity contribution in [1.82, 2.24) is 15.2 Å². The number of carbonyl (C=O) groups excluding carboxylic acids is 2. The van der Waals surface area contributed by atoms with Crippen LogP contribution in [0.3, 0.4) is 0 Å². The molecule has 8 nitrogen and oxygen atoms in total. The van der Waals surface area contributed by atoms with Gasteiger partial charge in [-0.25, -0.2) is 4.79 Å². The third-order valence-corrected chi connectivity index (χ3v) is 6.46. The van der Waals surface area contributed by atoms with Crippen LogP contribution in [0.15, 0.2) is 42.7 Å². The smallest absolute Gasteiger partial charge is 0.409 e. The molecule has 176 valence electrons. The molecule has 8 heteroatoms. The predicted molar refractivity (Wildman–Crippen MR) is 122 cm³/mol. The van der Waals surface area contributed by atoms with Gasteiger partial charge in [0.2, 0.25) is 0 Å². The average molecular weight is 454 g/mol. The fraction of sp³-hybridized carbons (Fsp3) is 0.480. The highest BCUT2D eigenvalue weighted by Gasteiger charge is 2.26. The number of hydrogen-bond donors (Lipinski definition) is 2. The van der Waals surface area contributed by atoms with Gasteiger partial charge in [0.25, 0.3) is 0 Å². The summed E-state index contributed by atoms with van der Waals surface area (Å²) in [4.78, 5) is 30.2. The molecule has 3 heterocycles. The SMILES string of the molecule is COC(=O)N1CCC(Oc2cncc(C(=O)CC[C@@H](O)[C@@H]3Cc4ccccc4CN3)c2)CC1. The van der Waals surface area contributed by atoms with E-state index in [0.717, 1.165) is 13.0 Å². The number of fused-ring (bicyclic) bond motifs is 1. The quantitative estimate of drug-likeness (QED) is 0.622. The van der Waals surface area contributed by atoms with Crippen LogP contribution in [0.2, 0.25) is 0 Å². The zero-order valence-corrected chi connectivity index (χ0v) is 18.9. The van der Waals surface area contributed by atoms with Crippen molar-refractivity contribution in [3.8, 4) is 5.75 Å². The Bertz CT molecular complexity index is 974. The third kappa shape index (κ3) is 5.89. The Morgan fingerprint density at radius 3 is 2.73 bits per heavy atom. The number of aliphatic hydroxyl groups is 1. The van der Waals surface area contributed by atoms with Crippen LogP contribution in [0.1, 0.15) is 47.2 Å². The van der Waals surface area contributed by atoms with Crippen molar-refractivity contribution in [2.75, 3.05) is 20.2 Å². The summed E-state index contributed by atoms with van der Waals surface area (Å²) < 4.78 is 10.8.